The molecule has 2 aliphatic rings. The molecule has 12 heavy (non-hydrogen) atoms. The molecule has 66 valence electrons. The molecule has 1 unspecified atom stereocenters. The highest BCUT2D eigenvalue weighted by atomic mass is 16.4. The van der Waals surface area contributed by atoms with Gasteiger partial charge in [0.05, 0.1) is 11.8 Å². The summed E-state index contributed by atoms with van der Waals surface area (Å²) in [7, 11) is 0. The third-order valence-electron chi connectivity index (χ3n) is 3.11. The van der Waals surface area contributed by atoms with Crippen LogP contribution in [0.15, 0.2) is 0 Å². The summed E-state index contributed by atoms with van der Waals surface area (Å²) in [4.78, 5) is 21.2. The van der Waals surface area contributed by atoms with E-state index in [2.05, 4.69) is 0 Å². The molecule has 2 aliphatic carbocycles. The first-order valence-electron chi connectivity index (χ1n) is 4.08. The fourth-order valence-electron chi connectivity index (χ4n) is 2.52. The highest BCUT2D eigenvalue weighted by Crippen LogP contribution is 2.60. The maximum Gasteiger partial charge on any atom is 0.307 e. The van der Waals surface area contributed by atoms with Gasteiger partial charge in [-0.3, -0.25) is 9.59 Å². The van der Waals surface area contributed by atoms with Crippen LogP contribution in [0, 0.1) is 23.7 Å². The van der Waals surface area contributed by atoms with Gasteiger partial charge in [-0.15, -0.1) is 0 Å². The lowest BCUT2D eigenvalue weighted by Gasteiger charge is -2.05. The first-order chi connectivity index (χ1) is 5.63. The number of carboxylic acid groups (broad SMARTS) is 2. The van der Waals surface area contributed by atoms with E-state index in [0.29, 0.717) is 6.42 Å². The molecule has 4 heteroatoms. The van der Waals surface area contributed by atoms with Gasteiger partial charge in [0.25, 0.3) is 0 Å². The number of rotatable bonds is 2. The van der Waals surface area contributed by atoms with Gasteiger partial charge in [0, 0.05) is 0 Å². The van der Waals surface area contributed by atoms with Gasteiger partial charge in [-0.2, -0.15) is 0 Å². The van der Waals surface area contributed by atoms with E-state index in [4.69, 9.17) is 10.2 Å². The van der Waals surface area contributed by atoms with Crippen LogP contribution in [-0.4, -0.2) is 22.2 Å². The fraction of sp³-hybridized carbons (Fsp3) is 0.750. The second-order valence-electron chi connectivity index (χ2n) is 3.63. The SMILES string of the molecule is O=C(O)C1[C@H]2[C@H](C(=O)O)CC[C@@H]12. The van der Waals surface area contributed by atoms with Crippen molar-refractivity contribution in [3.63, 3.8) is 0 Å². The molecule has 0 aromatic carbocycles. The predicted molar refractivity (Wildman–Crippen MR) is 38.5 cm³/mol. The lowest BCUT2D eigenvalue weighted by molar-refractivity contribution is -0.143. The Morgan fingerprint density at radius 1 is 1.08 bits per heavy atom. The largest absolute Gasteiger partial charge is 0.481 e. The van der Waals surface area contributed by atoms with Crippen molar-refractivity contribution in [2.75, 3.05) is 0 Å². The van der Waals surface area contributed by atoms with Crippen LogP contribution in [-0.2, 0) is 9.59 Å². The van der Waals surface area contributed by atoms with Crippen LogP contribution in [0.1, 0.15) is 12.8 Å². The maximum atomic E-state index is 10.6. The molecule has 0 aromatic heterocycles. The third-order valence-corrected chi connectivity index (χ3v) is 3.11. The Morgan fingerprint density at radius 2 is 1.75 bits per heavy atom. The Labute approximate surface area is 69.2 Å². The van der Waals surface area contributed by atoms with Crippen LogP contribution in [0.3, 0.4) is 0 Å². The summed E-state index contributed by atoms with van der Waals surface area (Å²) in [5, 5.41) is 17.4. The average molecular weight is 170 g/mol. The Morgan fingerprint density at radius 3 is 2.17 bits per heavy atom. The van der Waals surface area contributed by atoms with Gasteiger partial charge in [0.15, 0.2) is 0 Å². The van der Waals surface area contributed by atoms with E-state index >= 15 is 0 Å². The van der Waals surface area contributed by atoms with Crippen LogP contribution >= 0.6 is 0 Å². The zero-order valence-electron chi connectivity index (χ0n) is 6.43. The van der Waals surface area contributed by atoms with Crippen molar-refractivity contribution in [2.45, 2.75) is 12.8 Å². The molecule has 0 radical (unpaired) electrons. The summed E-state index contributed by atoms with van der Waals surface area (Å²) in [5.74, 6) is -2.32. The van der Waals surface area contributed by atoms with E-state index in [1.165, 1.54) is 0 Å². The van der Waals surface area contributed by atoms with E-state index < -0.39 is 17.9 Å². The number of hydrogen-bond donors (Lipinski definition) is 2. The Bertz CT molecular complexity index is 247. The van der Waals surface area contributed by atoms with Gasteiger partial charge in [-0.05, 0) is 24.7 Å². The van der Waals surface area contributed by atoms with Gasteiger partial charge in [0.1, 0.15) is 0 Å². The maximum absolute atomic E-state index is 10.6. The van der Waals surface area contributed by atoms with Crippen molar-refractivity contribution in [3.05, 3.63) is 0 Å². The molecule has 4 nitrogen and oxygen atoms in total. The van der Waals surface area contributed by atoms with Crippen molar-refractivity contribution in [2.24, 2.45) is 23.7 Å². The van der Waals surface area contributed by atoms with Gasteiger partial charge in [-0.1, -0.05) is 0 Å². The van der Waals surface area contributed by atoms with Crippen LogP contribution in [0.5, 0.6) is 0 Å². The molecule has 2 N–H and O–H groups in total. The highest BCUT2D eigenvalue weighted by molar-refractivity contribution is 5.79. The van der Waals surface area contributed by atoms with E-state index in [1.807, 2.05) is 0 Å². The summed E-state index contributed by atoms with van der Waals surface area (Å²) >= 11 is 0. The predicted octanol–water partition coefficient (Wildman–Crippen LogP) is 0.428. The number of fused-ring (bicyclic) bond motifs is 1. The molecule has 0 amide bonds. The van der Waals surface area contributed by atoms with E-state index in [-0.39, 0.29) is 17.8 Å². The minimum absolute atomic E-state index is 0.0694. The van der Waals surface area contributed by atoms with Crippen LogP contribution in [0.2, 0.25) is 0 Å². The number of carbonyl (C=O) groups is 2. The number of aliphatic carboxylic acids is 2. The van der Waals surface area contributed by atoms with Crippen molar-refractivity contribution < 1.29 is 19.8 Å². The smallest absolute Gasteiger partial charge is 0.307 e. The van der Waals surface area contributed by atoms with Crippen LogP contribution in [0.4, 0.5) is 0 Å². The lowest BCUT2D eigenvalue weighted by atomic mass is 10.0. The van der Waals surface area contributed by atoms with Crippen molar-refractivity contribution in [3.8, 4) is 0 Å². The second-order valence-corrected chi connectivity index (χ2v) is 3.63. The topological polar surface area (TPSA) is 74.6 Å². The average Bonchev–Trinajstić information content (AvgIpc) is 2.52. The molecular formula is C8H10O4. The molecule has 0 aromatic rings. The first kappa shape index (κ1) is 7.58. The Balaban J connectivity index is 2.07. The molecule has 0 saturated heterocycles. The zero-order chi connectivity index (χ0) is 8.88. The molecule has 2 saturated carbocycles. The molecule has 0 bridgehead atoms. The fourth-order valence-corrected chi connectivity index (χ4v) is 2.52. The van der Waals surface area contributed by atoms with Gasteiger partial charge in [-0.25, -0.2) is 0 Å². The van der Waals surface area contributed by atoms with Crippen molar-refractivity contribution in [1.82, 2.24) is 0 Å². The molecule has 0 heterocycles. The summed E-state index contributed by atoms with van der Waals surface area (Å²) in [6.45, 7) is 0. The van der Waals surface area contributed by atoms with Gasteiger partial charge >= 0.3 is 11.9 Å². The van der Waals surface area contributed by atoms with E-state index in [1.54, 1.807) is 0 Å². The molecule has 0 aliphatic heterocycles. The molecule has 4 atom stereocenters. The molecule has 0 spiro atoms. The van der Waals surface area contributed by atoms with E-state index in [9.17, 15) is 9.59 Å². The minimum atomic E-state index is -0.828. The molecule has 2 fully saturated rings. The first-order valence-corrected chi connectivity index (χ1v) is 4.08. The zero-order valence-corrected chi connectivity index (χ0v) is 6.43. The highest BCUT2D eigenvalue weighted by Gasteiger charge is 2.63. The van der Waals surface area contributed by atoms with Crippen LogP contribution in [0.25, 0.3) is 0 Å². The number of hydrogen-bond acceptors (Lipinski definition) is 2. The summed E-state index contributed by atoms with van der Waals surface area (Å²) < 4.78 is 0. The monoisotopic (exact) mass is 170 g/mol. The van der Waals surface area contributed by atoms with Gasteiger partial charge < -0.3 is 10.2 Å². The molecular weight excluding hydrogens is 160 g/mol. The normalized spacial score (nSPS) is 43.7. The van der Waals surface area contributed by atoms with E-state index in [0.717, 1.165) is 6.42 Å². The third kappa shape index (κ3) is 0.838. The van der Waals surface area contributed by atoms with Crippen molar-refractivity contribution in [1.29, 1.82) is 0 Å². The quantitative estimate of drug-likeness (QED) is 0.630. The van der Waals surface area contributed by atoms with Crippen LogP contribution < -0.4 is 0 Å². The Hall–Kier alpha value is -1.06. The van der Waals surface area contributed by atoms with Crippen molar-refractivity contribution >= 4 is 11.9 Å². The second kappa shape index (κ2) is 2.21. The summed E-state index contributed by atoms with van der Waals surface area (Å²) in [6.07, 6.45) is 1.44. The standard InChI is InChI=1S/C8H10O4/c9-7(10)4-2-1-3-5(4)6(3)8(11)12/h3-6H,1-2H2,(H,9,10)(H,11,12)/t3-,4-,5-,6?/m1/s1. The number of carboxylic acids is 2. The summed E-state index contributed by atoms with van der Waals surface area (Å²) in [6, 6.07) is 0. The Kier molecular flexibility index (Phi) is 1.40. The summed E-state index contributed by atoms with van der Waals surface area (Å²) in [5.41, 5.74) is 0. The lowest BCUT2D eigenvalue weighted by Crippen LogP contribution is -2.17. The van der Waals surface area contributed by atoms with Gasteiger partial charge in [0.2, 0.25) is 0 Å². The minimum Gasteiger partial charge on any atom is -0.481 e. The molecule has 2 rings (SSSR count).